The van der Waals surface area contributed by atoms with Gasteiger partial charge in [-0.05, 0) is 38.4 Å². The second-order valence-corrected chi connectivity index (χ2v) is 13.5. The molecule has 1 aliphatic rings. The molecule has 0 amide bonds. The highest BCUT2D eigenvalue weighted by atomic mass is 28.4. The van der Waals surface area contributed by atoms with Gasteiger partial charge in [0.25, 0.3) is 0 Å². The van der Waals surface area contributed by atoms with Crippen LogP contribution in [0.4, 0.5) is 0 Å². The van der Waals surface area contributed by atoms with Crippen LogP contribution < -0.4 is 0 Å². The maximum Gasteiger partial charge on any atom is 0.330 e. The summed E-state index contributed by atoms with van der Waals surface area (Å²) >= 11 is 0. The highest BCUT2D eigenvalue weighted by Gasteiger charge is 2.46. The Hall–Kier alpha value is -1.06. The lowest BCUT2D eigenvalue weighted by atomic mass is 10.0. The number of carbonyl (C=O) groups excluding carboxylic acids is 2. The Balaban J connectivity index is 3.06. The van der Waals surface area contributed by atoms with E-state index in [2.05, 4.69) is 38.6 Å². The third kappa shape index (κ3) is 6.80. The van der Waals surface area contributed by atoms with E-state index in [1.165, 1.54) is 13.2 Å². The molecule has 0 bridgehead atoms. The maximum absolute atomic E-state index is 12.3. The third-order valence-corrected chi connectivity index (χ3v) is 9.56. The van der Waals surface area contributed by atoms with Crippen molar-refractivity contribution in [1.29, 1.82) is 0 Å². The number of Topliss-reactive ketones (excluding diaryl/α,β-unsaturated/α-hetero) is 1. The number of aliphatic hydroxyl groups excluding tert-OH is 1. The summed E-state index contributed by atoms with van der Waals surface area (Å²) in [5.74, 6) is -1.79. The molecule has 0 aliphatic carbocycles. The zero-order valence-corrected chi connectivity index (χ0v) is 18.7. The smallest absolute Gasteiger partial charge is 0.330 e. The molecule has 8 heteroatoms. The van der Waals surface area contributed by atoms with Gasteiger partial charge in [0.15, 0.2) is 19.9 Å². The monoisotopic (exact) mass is 402 g/mol. The number of esters is 1. The SMILES string of the molecule is COC(=O)/C=C/C[C@H](O[Si](C)(C)C(C)(C)C)[C@@H](O)[C@H]1OC(C)(C)OCC1=O. The lowest BCUT2D eigenvalue weighted by Gasteiger charge is -2.43. The molecule has 0 saturated carbocycles. The first-order chi connectivity index (χ1) is 12.2. The number of methoxy groups -OCH3 is 1. The van der Waals surface area contributed by atoms with Gasteiger partial charge in [-0.2, -0.15) is 0 Å². The Kier molecular flexibility index (Phi) is 7.95. The summed E-state index contributed by atoms with van der Waals surface area (Å²) in [6.07, 6.45) is 0.187. The Morgan fingerprint density at radius 1 is 1.41 bits per heavy atom. The van der Waals surface area contributed by atoms with Gasteiger partial charge in [-0.15, -0.1) is 0 Å². The number of carbonyl (C=O) groups is 2. The van der Waals surface area contributed by atoms with Crippen LogP contribution in [0, 0.1) is 0 Å². The van der Waals surface area contributed by atoms with Gasteiger partial charge in [0.1, 0.15) is 18.8 Å². The number of ether oxygens (including phenoxy) is 3. The van der Waals surface area contributed by atoms with Gasteiger partial charge in [0.05, 0.1) is 13.2 Å². The molecule has 1 heterocycles. The van der Waals surface area contributed by atoms with Gasteiger partial charge < -0.3 is 23.7 Å². The van der Waals surface area contributed by atoms with Crippen molar-refractivity contribution < 1.29 is 33.3 Å². The van der Waals surface area contributed by atoms with Crippen molar-refractivity contribution >= 4 is 20.1 Å². The molecule has 0 aromatic rings. The molecule has 1 N–H and O–H groups in total. The fourth-order valence-corrected chi connectivity index (χ4v) is 3.71. The number of hydrogen-bond donors (Lipinski definition) is 1. The minimum Gasteiger partial charge on any atom is -0.466 e. The topological polar surface area (TPSA) is 91.3 Å². The van der Waals surface area contributed by atoms with E-state index in [1.54, 1.807) is 19.9 Å². The van der Waals surface area contributed by atoms with Crippen molar-refractivity contribution in [2.75, 3.05) is 13.7 Å². The summed E-state index contributed by atoms with van der Waals surface area (Å²) in [5.41, 5.74) is 0. The van der Waals surface area contributed by atoms with Crippen LogP contribution in [0.2, 0.25) is 18.1 Å². The highest BCUT2D eigenvalue weighted by Crippen LogP contribution is 2.38. The number of hydrogen-bond acceptors (Lipinski definition) is 7. The van der Waals surface area contributed by atoms with E-state index in [0.29, 0.717) is 0 Å². The number of rotatable bonds is 7. The molecule has 0 radical (unpaired) electrons. The molecule has 0 unspecified atom stereocenters. The third-order valence-electron chi connectivity index (χ3n) is 5.06. The van der Waals surface area contributed by atoms with Gasteiger partial charge >= 0.3 is 5.97 Å². The maximum atomic E-state index is 12.3. The lowest BCUT2D eigenvalue weighted by Crippen LogP contribution is -2.56. The molecule has 27 heavy (non-hydrogen) atoms. The molecule has 1 saturated heterocycles. The van der Waals surface area contributed by atoms with Crippen LogP contribution in [0.15, 0.2) is 12.2 Å². The van der Waals surface area contributed by atoms with E-state index in [4.69, 9.17) is 13.9 Å². The second kappa shape index (κ2) is 8.96. The Labute approximate surface area is 163 Å². The molecule has 1 aliphatic heterocycles. The molecule has 0 aromatic heterocycles. The molecule has 1 rings (SSSR count). The first-order valence-electron chi connectivity index (χ1n) is 9.15. The number of aliphatic hydroxyl groups is 1. The van der Waals surface area contributed by atoms with Gasteiger partial charge in [0.2, 0.25) is 0 Å². The van der Waals surface area contributed by atoms with Crippen LogP contribution in [0.5, 0.6) is 0 Å². The largest absolute Gasteiger partial charge is 0.466 e. The van der Waals surface area contributed by atoms with E-state index in [9.17, 15) is 14.7 Å². The Bertz CT molecular complexity index is 563. The first kappa shape index (κ1) is 24.0. The van der Waals surface area contributed by atoms with Gasteiger partial charge in [-0.25, -0.2) is 4.79 Å². The van der Waals surface area contributed by atoms with Crippen LogP contribution in [-0.2, 0) is 28.2 Å². The molecular weight excluding hydrogens is 368 g/mol. The van der Waals surface area contributed by atoms with Crippen LogP contribution in [0.1, 0.15) is 41.0 Å². The fraction of sp³-hybridized carbons (Fsp3) is 0.789. The molecule has 1 fully saturated rings. The predicted molar refractivity (Wildman–Crippen MR) is 104 cm³/mol. The molecule has 0 aromatic carbocycles. The van der Waals surface area contributed by atoms with Crippen molar-refractivity contribution in [2.24, 2.45) is 0 Å². The summed E-state index contributed by atoms with van der Waals surface area (Å²) in [5, 5.41) is 10.8. The van der Waals surface area contributed by atoms with E-state index < -0.39 is 38.4 Å². The average Bonchev–Trinajstić information content (AvgIpc) is 2.54. The minimum absolute atomic E-state index is 0.0865. The van der Waals surface area contributed by atoms with Crippen LogP contribution in [0.25, 0.3) is 0 Å². The summed E-state index contributed by atoms with van der Waals surface area (Å²) in [4.78, 5) is 23.6. The zero-order valence-electron chi connectivity index (χ0n) is 17.7. The second-order valence-electron chi connectivity index (χ2n) is 8.76. The molecule has 7 nitrogen and oxygen atoms in total. The zero-order chi connectivity index (χ0) is 21.0. The van der Waals surface area contributed by atoms with Gasteiger partial charge in [0, 0.05) is 6.08 Å². The molecule has 156 valence electrons. The minimum atomic E-state index is -2.25. The van der Waals surface area contributed by atoms with Crippen molar-refractivity contribution in [2.45, 2.75) is 83.3 Å². The molecule has 0 spiro atoms. The average molecular weight is 403 g/mol. The van der Waals surface area contributed by atoms with E-state index in [-0.39, 0.29) is 23.8 Å². The van der Waals surface area contributed by atoms with Crippen LogP contribution in [0.3, 0.4) is 0 Å². The van der Waals surface area contributed by atoms with E-state index in [1.807, 2.05) is 0 Å². The highest BCUT2D eigenvalue weighted by molar-refractivity contribution is 6.74. The van der Waals surface area contributed by atoms with Crippen LogP contribution in [-0.4, -0.2) is 63.0 Å². The van der Waals surface area contributed by atoms with Gasteiger partial charge in [-0.3, -0.25) is 4.79 Å². The summed E-state index contributed by atoms with van der Waals surface area (Å²) in [7, 11) is -0.952. The normalized spacial score (nSPS) is 23.3. The molecule has 3 atom stereocenters. The van der Waals surface area contributed by atoms with E-state index >= 15 is 0 Å². The summed E-state index contributed by atoms with van der Waals surface area (Å²) < 4.78 is 22.0. The summed E-state index contributed by atoms with van der Waals surface area (Å²) in [6, 6.07) is 0. The fourth-order valence-electron chi connectivity index (χ4n) is 2.37. The van der Waals surface area contributed by atoms with Gasteiger partial charge in [-0.1, -0.05) is 26.8 Å². The Morgan fingerprint density at radius 3 is 2.52 bits per heavy atom. The van der Waals surface area contributed by atoms with Crippen molar-refractivity contribution in [1.82, 2.24) is 0 Å². The van der Waals surface area contributed by atoms with Crippen molar-refractivity contribution in [3.8, 4) is 0 Å². The number of ketones is 1. The van der Waals surface area contributed by atoms with Crippen molar-refractivity contribution in [3.63, 3.8) is 0 Å². The quantitative estimate of drug-likeness (QED) is 0.397. The summed E-state index contributed by atoms with van der Waals surface area (Å²) in [6.45, 7) is 13.7. The molecular formula is C19H34O7Si. The van der Waals surface area contributed by atoms with Crippen LogP contribution >= 0.6 is 0 Å². The predicted octanol–water partition coefficient (Wildman–Crippen LogP) is 2.58. The first-order valence-corrected chi connectivity index (χ1v) is 12.1. The van der Waals surface area contributed by atoms with E-state index in [0.717, 1.165) is 0 Å². The standard InChI is InChI=1S/C19H34O7Si/c1-18(2,3)27(7,8)26-14(10-9-11-15(21)23-6)16(22)17-13(20)12-24-19(4,5)25-17/h9,11,14,16-17,22H,10,12H2,1-8H3/b11-9+/t14-,16+,17-/m0/s1. The lowest BCUT2D eigenvalue weighted by molar-refractivity contribution is -0.275. The Morgan fingerprint density at radius 2 is 2.00 bits per heavy atom. The van der Waals surface area contributed by atoms with Crippen molar-refractivity contribution in [3.05, 3.63) is 12.2 Å².